The molecule has 0 saturated carbocycles. The molecule has 0 aliphatic heterocycles. The Balaban J connectivity index is 5.17. The minimum atomic E-state index is -1.16. The Labute approximate surface area is 368 Å². The minimum absolute atomic E-state index is 0.133. The summed E-state index contributed by atoms with van der Waals surface area (Å²) in [6.45, 7) is 43.9. The summed E-state index contributed by atoms with van der Waals surface area (Å²) in [5.41, 5.74) is 5.36. The molecule has 16 heteroatoms. The molecule has 0 heterocycles. The third-order valence-electron chi connectivity index (χ3n) is 9.51. The monoisotopic (exact) mass is 901 g/mol. The number of carbonyl (C=O) groups excluding carboxylic acids is 2. The molecule has 0 aromatic heterocycles. The quantitative estimate of drug-likeness (QED) is 0.0369. The van der Waals surface area contributed by atoms with Crippen LogP contribution in [0.1, 0.15) is 144 Å². The van der Waals surface area contributed by atoms with E-state index in [1.165, 1.54) is 23.5 Å². The van der Waals surface area contributed by atoms with Crippen molar-refractivity contribution in [3.8, 4) is 0 Å². The van der Waals surface area contributed by atoms with Crippen LogP contribution in [0.4, 0.5) is 0 Å². The third kappa shape index (κ3) is 21.7. The predicted molar refractivity (Wildman–Crippen MR) is 254 cm³/mol. The second-order valence-corrected chi connectivity index (χ2v) is 23.6. The van der Waals surface area contributed by atoms with Gasteiger partial charge in [0.25, 0.3) is 0 Å². The van der Waals surface area contributed by atoms with Crippen molar-refractivity contribution in [2.45, 2.75) is 199 Å². The van der Waals surface area contributed by atoms with E-state index in [0.29, 0.717) is 62.0 Å². The molecule has 0 radical (unpaired) electrons. The van der Waals surface area contributed by atoms with E-state index in [1.807, 2.05) is 27.7 Å². The number of nitrogens with two attached hydrogens (primary N) is 1. The maximum atomic E-state index is 13.4. The van der Waals surface area contributed by atoms with E-state index in [1.54, 1.807) is 0 Å². The zero-order valence-electron chi connectivity index (χ0n) is 40.4. The van der Waals surface area contributed by atoms with E-state index in [0.717, 1.165) is 12.8 Å². The average Bonchev–Trinajstić information content (AvgIpc) is 3.08. The molecule has 0 amide bonds. The summed E-state index contributed by atoms with van der Waals surface area (Å²) >= 11 is 2.73. The zero-order chi connectivity index (χ0) is 44.9. The molecule has 346 valence electrons. The Morgan fingerprint density at radius 3 is 1.33 bits per heavy atom. The maximum Gasteiger partial charge on any atom is 0.195 e. The molecule has 4 unspecified atom stereocenters. The smallest absolute Gasteiger partial charge is 0.195 e. The number of hydrogen-bond acceptors (Lipinski definition) is 14. The van der Waals surface area contributed by atoms with Gasteiger partial charge in [-0.05, 0) is 124 Å². The van der Waals surface area contributed by atoms with Gasteiger partial charge in [-0.3, -0.25) is 9.59 Å². The summed E-state index contributed by atoms with van der Waals surface area (Å²) in [5.74, 6) is 1.25. The highest BCUT2D eigenvalue weighted by Crippen LogP contribution is 2.52. The second-order valence-electron chi connectivity index (χ2n) is 18.0. The van der Waals surface area contributed by atoms with Crippen LogP contribution in [0.5, 0.6) is 0 Å². The number of hydrogen-bond donors (Lipinski definition) is 2. The van der Waals surface area contributed by atoms with Crippen LogP contribution in [0.3, 0.4) is 0 Å². The van der Waals surface area contributed by atoms with Crippen molar-refractivity contribution in [3.05, 3.63) is 0 Å². The fourth-order valence-electron chi connectivity index (χ4n) is 6.60. The van der Waals surface area contributed by atoms with Crippen LogP contribution in [0.15, 0.2) is 0 Å². The van der Waals surface area contributed by atoms with Gasteiger partial charge in [-0.2, -0.15) is 0 Å². The van der Waals surface area contributed by atoms with Gasteiger partial charge in [0.05, 0.1) is 13.2 Å². The standard InChI is InChI=1S/C42H90N6O6P2S2/c1-30(2)45(31(3)4)55(46(32(5)6)33(7)8)53-28-52-23-21-25-58-41(50)42(18,19)27-44-26-37(15)48(36(13)14)56(47(34(9)10)35(11)12)54-29-51-22-20-24-57-40(49)38(16)39(17)43/h30-39,44H,20-29,43H2,1-19H3. The van der Waals surface area contributed by atoms with Crippen LogP contribution >= 0.6 is 40.4 Å². The van der Waals surface area contributed by atoms with Crippen LogP contribution in [0.2, 0.25) is 0 Å². The molecule has 0 rings (SSSR count). The van der Waals surface area contributed by atoms with Gasteiger partial charge in [0.2, 0.25) is 0 Å². The number of nitrogens with one attached hydrogen (secondary N) is 1. The lowest BCUT2D eigenvalue weighted by Crippen LogP contribution is -2.48. The first kappa shape index (κ1) is 58.5. The van der Waals surface area contributed by atoms with Crippen LogP contribution in [0.25, 0.3) is 0 Å². The first-order chi connectivity index (χ1) is 26.9. The van der Waals surface area contributed by atoms with E-state index in [-0.39, 0.29) is 59.9 Å². The van der Waals surface area contributed by atoms with Gasteiger partial charge in [-0.25, -0.2) is 18.7 Å². The molecule has 0 saturated heterocycles. The molecule has 0 aromatic carbocycles. The number of ether oxygens (including phenoxy) is 2. The summed E-state index contributed by atoms with van der Waals surface area (Å²) in [7, 11) is -2.15. The van der Waals surface area contributed by atoms with Crippen molar-refractivity contribution >= 4 is 50.7 Å². The molecule has 3 N–H and O–H groups in total. The van der Waals surface area contributed by atoms with Gasteiger partial charge in [-0.1, -0.05) is 44.3 Å². The van der Waals surface area contributed by atoms with Gasteiger partial charge in [0.15, 0.2) is 40.7 Å². The lowest BCUT2D eigenvalue weighted by Gasteiger charge is -2.46. The second kappa shape index (κ2) is 30.6. The average molecular weight is 901 g/mol. The summed E-state index contributed by atoms with van der Waals surface area (Å²) in [5, 5.41) is 3.95. The SMILES string of the molecule is CC(N)C(C)C(=O)SCCCOCOP(N(C(C)C)C(C)C)N(C(C)C)C(C)CNCC(C)(C)C(=O)SCCCOCOP(N(C(C)C)C(C)C)N(C(C)C)C(C)C. The van der Waals surface area contributed by atoms with Gasteiger partial charge < -0.3 is 29.6 Å². The zero-order valence-corrected chi connectivity index (χ0v) is 43.8. The van der Waals surface area contributed by atoms with Crippen molar-refractivity contribution in [3.63, 3.8) is 0 Å². The van der Waals surface area contributed by atoms with Crippen LogP contribution in [-0.4, -0.2) is 135 Å². The molecule has 0 fully saturated rings. The Bertz CT molecular complexity index is 1060. The molecule has 12 nitrogen and oxygen atoms in total. The Morgan fingerprint density at radius 2 is 0.966 bits per heavy atom. The highest BCUT2D eigenvalue weighted by atomic mass is 32.2. The highest BCUT2D eigenvalue weighted by molar-refractivity contribution is 8.13. The van der Waals surface area contributed by atoms with Crippen molar-refractivity contribution in [2.75, 3.05) is 51.4 Å². The molecular formula is C42H90N6O6P2S2. The van der Waals surface area contributed by atoms with Crippen molar-refractivity contribution in [2.24, 2.45) is 17.1 Å². The first-order valence-corrected chi connectivity index (χ1v) is 26.1. The number of rotatable bonds is 33. The summed E-state index contributed by atoms with van der Waals surface area (Å²) < 4.78 is 34.8. The van der Waals surface area contributed by atoms with Gasteiger partial charge in [0, 0.05) is 90.3 Å². The third-order valence-corrected chi connectivity index (χ3v) is 17.8. The Morgan fingerprint density at radius 1 is 0.603 bits per heavy atom. The van der Waals surface area contributed by atoms with E-state index in [2.05, 4.69) is 128 Å². The molecule has 0 spiro atoms. The summed E-state index contributed by atoms with van der Waals surface area (Å²) in [6.07, 6.45) is 1.54. The summed E-state index contributed by atoms with van der Waals surface area (Å²) in [6, 6.07) is 2.15. The van der Waals surface area contributed by atoms with Crippen molar-refractivity contribution in [1.82, 2.24) is 24.0 Å². The molecule has 58 heavy (non-hydrogen) atoms. The molecular weight excluding hydrogens is 811 g/mol. The molecule has 0 aliphatic carbocycles. The van der Waals surface area contributed by atoms with Crippen LogP contribution in [0, 0.1) is 11.3 Å². The van der Waals surface area contributed by atoms with Gasteiger partial charge >= 0.3 is 0 Å². The Kier molecular flexibility index (Phi) is 30.8. The molecule has 0 aromatic rings. The lowest BCUT2D eigenvalue weighted by atomic mass is 9.95. The number of thioether (sulfide) groups is 2. The van der Waals surface area contributed by atoms with Crippen molar-refractivity contribution in [1.29, 1.82) is 0 Å². The fourth-order valence-corrected chi connectivity index (χ4v) is 13.0. The largest absolute Gasteiger partial charge is 0.355 e. The van der Waals surface area contributed by atoms with E-state index in [4.69, 9.17) is 24.3 Å². The van der Waals surface area contributed by atoms with E-state index < -0.39 is 22.3 Å². The van der Waals surface area contributed by atoms with Crippen LogP contribution < -0.4 is 11.1 Å². The highest BCUT2D eigenvalue weighted by Gasteiger charge is 2.37. The summed E-state index contributed by atoms with van der Waals surface area (Å²) in [4.78, 5) is 25.7. The normalized spacial score (nSPS) is 15.4. The fraction of sp³-hybridized carbons (Fsp3) is 0.952. The van der Waals surface area contributed by atoms with E-state index >= 15 is 0 Å². The van der Waals surface area contributed by atoms with Gasteiger partial charge in [-0.15, -0.1) is 0 Å². The van der Waals surface area contributed by atoms with E-state index in [9.17, 15) is 9.59 Å². The topological polar surface area (TPSA) is 122 Å². The maximum absolute atomic E-state index is 13.4. The minimum Gasteiger partial charge on any atom is -0.355 e. The van der Waals surface area contributed by atoms with Crippen molar-refractivity contribution < 1.29 is 28.1 Å². The first-order valence-electron chi connectivity index (χ1n) is 21.8. The lowest BCUT2D eigenvalue weighted by molar-refractivity contribution is -0.118. The number of carbonyl (C=O) groups is 2. The molecule has 0 bridgehead atoms. The predicted octanol–water partition coefficient (Wildman–Crippen LogP) is 9.78. The molecule has 4 atom stereocenters. The van der Waals surface area contributed by atoms with Gasteiger partial charge in [0.1, 0.15) is 0 Å². The van der Waals surface area contributed by atoms with Crippen LogP contribution in [-0.2, 0) is 28.1 Å². The molecule has 0 aliphatic rings. The Hall–Kier alpha value is 0.500. The number of nitrogens with zero attached hydrogens (tertiary/aromatic N) is 4.